The average molecular weight is 207 g/mol. The van der Waals surface area contributed by atoms with Crippen molar-refractivity contribution >= 4 is 26.2 Å². The van der Waals surface area contributed by atoms with Crippen molar-refractivity contribution in [3.05, 3.63) is 0 Å². The van der Waals surface area contributed by atoms with Crippen molar-refractivity contribution in [2.75, 3.05) is 13.2 Å². The molecule has 0 aliphatic rings. The van der Waals surface area contributed by atoms with E-state index >= 15 is 0 Å². The topological polar surface area (TPSA) is 61.5 Å². The van der Waals surface area contributed by atoms with Gasteiger partial charge in [0.2, 0.25) is 0 Å². The predicted octanol–water partition coefficient (Wildman–Crippen LogP) is -1.93. The minimum atomic E-state index is -0.311. The van der Waals surface area contributed by atoms with E-state index in [9.17, 15) is 4.79 Å². The van der Waals surface area contributed by atoms with Crippen LogP contribution in [-0.4, -0.2) is 39.4 Å². The highest BCUT2D eigenvalue weighted by Crippen LogP contribution is 1.97. The fourth-order valence-electron chi connectivity index (χ4n) is 0.761. The van der Waals surface area contributed by atoms with Crippen LogP contribution < -0.4 is 5.73 Å². The zero-order valence-electron chi connectivity index (χ0n) is 7.54. The maximum atomic E-state index is 10.9. The van der Waals surface area contributed by atoms with Crippen LogP contribution in [0.2, 0.25) is 6.04 Å². The Morgan fingerprint density at radius 2 is 2.33 bits per heavy atom. The Kier molecular flexibility index (Phi) is 8.79. The molecule has 0 heterocycles. The van der Waals surface area contributed by atoms with Crippen LogP contribution in [0, 0.1) is 0 Å². The molecule has 0 atom stereocenters. The van der Waals surface area contributed by atoms with Gasteiger partial charge in [0.25, 0.3) is 0 Å². The third-order valence-corrected chi connectivity index (χ3v) is 3.78. The standard InChI is InChI=1S/C6H17NO3Si2/c7-3-4-9-6(8)2-1-5-12-10-11/h1-5,7,12H2,11H3. The highest BCUT2D eigenvalue weighted by Gasteiger charge is 2.00. The maximum absolute atomic E-state index is 10.9. The molecule has 0 saturated carbocycles. The second kappa shape index (κ2) is 8.92. The second-order valence-corrected chi connectivity index (χ2v) is 5.88. The molecule has 0 fully saturated rings. The second-order valence-electron chi connectivity index (χ2n) is 2.46. The lowest BCUT2D eigenvalue weighted by Crippen LogP contribution is -2.13. The molecule has 72 valence electrons. The largest absolute Gasteiger partial charge is 0.468 e. The lowest BCUT2D eigenvalue weighted by molar-refractivity contribution is -0.143. The summed E-state index contributed by atoms with van der Waals surface area (Å²) >= 11 is 0. The third-order valence-electron chi connectivity index (χ3n) is 1.36. The van der Waals surface area contributed by atoms with Crippen molar-refractivity contribution in [1.29, 1.82) is 0 Å². The van der Waals surface area contributed by atoms with Gasteiger partial charge in [0.05, 0.1) is 0 Å². The van der Waals surface area contributed by atoms with Gasteiger partial charge in [-0.2, -0.15) is 0 Å². The van der Waals surface area contributed by atoms with Crippen molar-refractivity contribution in [3.8, 4) is 0 Å². The number of carbonyl (C=O) groups is 1. The number of hydrogen-bond acceptors (Lipinski definition) is 4. The molecule has 0 aromatic rings. The highest BCUT2D eigenvalue weighted by molar-refractivity contribution is 6.34. The molecule has 0 aromatic carbocycles. The molecule has 6 heteroatoms. The van der Waals surface area contributed by atoms with Gasteiger partial charge in [0, 0.05) is 13.0 Å². The minimum absolute atomic E-state index is 0.136. The molecule has 0 amide bonds. The van der Waals surface area contributed by atoms with Crippen LogP contribution in [-0.2, 0) is 13.6 Å². The summed E-state index contributed by atoms with van der Waals surface area (Å²) in [5.41, 5.74) is 5.17. The summed E-state index contributed by atoms with van der Waals surface area (Å²) in [7, 11) is 0.522. The van der Waals surface area contributed by atoms with Gasteiger partial charge in [-0.15, -0.1) is 0 Å². The van der Waals surface area contributed by atoms with Gasteiger partial charge in [0.1, 0.15) is 26.9 Å². The fraction of sp³-hybridized carbons (Fsp3) is 0.833. The summed E-state index contributed by atoms with van der Waals surface area (Å²) in [5, 5.41) is 0. The van der Waals surface area contributed by atoms with Crippen molar-refractivity contribution < 1.29 is 13.6 Å². The lowest BCUT2D eigenvalue weighted by atomic mass is 10.3. The van der Waals surface area contributed by atoms with E-state index in [1.54, 1.807) is 0 Å². The molecule has 0 spiro atoms. The molecule has 0 rings (SSSR count). The minimum Gasteiger partial charge on any atom is -0.468 e. The Labute approximate surface area is 78.3 Å². The van der Waals surface area contributed by atoms with E-state index in [1.165, 1.54) is 0 Å². The van der Waals surface area contributed by atoms with Crippen LogP contribution in [0.25, 0.3) is 0 Å². The Hall–Kier alpha value is -0.176. The normalized spacial score (nSPS) is 11.1. The molecular formula is C6H17NO3Si2. The first-order chi connectivity index (χ1) is 5.81. The summed E-state index contributed by atoms with van der Waals surface area (Å²) in [6.45, 7) is 0.748. The zero-order valence-corrected chi connectivity index (χ0v) is 11.0. The van der Waals surface area contributed by atoms with E-state index in [0.717, 1.165) is 23.0 Å². The van der Waals surface area contributed by atoms with Gasteiger partial charge in [-0.25, -0.2) is 0 Å². The molecule has 0 aliphatic carbocycles. The zero-order chi connectivity index (χ0) is 9.23. The maximum Gasteiger partial charge on any atom is 0.305 e. The average Bonchev–Trinajstić information content (AvgIpc) is 2.09. The van der Waals surface area contributed by atoms with Crippen LogP contribution >= 0.6 is 0 Å². The van der Waals surface area contributed by atoms with Gasteiger partial charge in [0.15, 0.2) is 0 Å². The van der Waals surface area contributed by atoms with Crippen LogP contribution in [0.4, 0.5) is 0 Å². The monoisotopic (exact) mass is 207 g/mol. The Morgan fingerprint density at radius 3 is 2.92 bits per heavy atom. The Balaban J connectivity index is 3.08. The van der Waals surface area contributed by atoms with E-state index in [2.05, 4.69) is 0 Å². The summed E-state index contributed by atoms with van der Waals surface area (Å²) < 4.78 is 9.90. The SMILES string of the molecule is NCCOC(=O)CCC[SiH2]O[SiH3]. The molecule has 0 aliphatic heterocycles. The molecular weight excluding hydrogens is 190 g/mol. The van der Waals surface area contributed by atoms with E-state index in [0.29, 0.717) is 19.6 Å². The molecule has 2 N–H and O–H groups in total. The van der Waals surface area contributed by atoms with E-state index in [1.807, 2.05) is 0 Å². The number of esters is 1. The molecule has 12 heavy (non-hydrogen) atoms. The summed E-state index contributed by atoms with van der Waals surface area (Å²) in [5.74, 6) is -0.136. The van der Waals surface area contributed by atoms with E-state index < -0.39 is 0 Å². The summed E-state index contributed by atoms with van der Waals surface area (Å²) in [6.07, 6.45) is 1.41. The summed E-state index contributed by atoms with van der Waals surface area (Å²) in [6, 6.07) is 1.07. The van der Waals surface area contributed by atoms with Crippen LogP contribution in [0.3, 0.4) is 0 Å². The van der Waals surface area contributed by atoms with Gasteiger partial charge in [-0.05, 0) is 12.5 Å². The Morgan fingerprint density at radius 1 is 1.58 bits per heavy atom. The van der Waals surface area contributed by atoms with Crippen molar-refractivity contribution in [3.63, 3.8) is 0 Å². The van der Waals surface area contributed by atoms with E-state index in [4.69, 9.17) is 14.6 Å². The predicted molar refractivity (Wildman–Crippen MR) is 53.6 cm³/mol. The van der Waals surface area contributed by atoms with Crippen LogP contribution in [0.15, 0.2) is 0 Å². The van der Waals surface area contributed by atoms with Gasteiger partial charge in [-0.1, -0.05) is 0 Å². The molecule has 0 bridgehead atoms. The van der Waals surface area contributed by atoms with Gasteiger partial charge in [-0.3, -0.25) is 4.79 Å². The first-order valence-corrected chi connectivity index (χ1v) is 6.55. The molecule has 4 nitrogen and oxygen atoms in total. The van der Waals surface area contributed by atoms with Gasteiger partial charge >= 0.3 is 5.97 Å². The lowest BCUT2D eigenvalue weighted by Gasteiger charge is -2.01. The number of hydrogen-bond donors (Lipinski definition) is 1. The van der Waals surface area contributed by atoms with Crippen molar-refractivity contribution in [2.45, 2.75) is 18.9 Å². The van der Waals surface area contributed by atoms with Gasteiger partial charge < -0.3 is 14.6 Å². The fourth-order valence-corrected chi connectivity index (χ4v) is 2.37. The van der Waals surface area contributed by atoms with Crippen LogP contribution in [0.1, 0.15) is 12.8 Å². The highest BCUT2D eigenvalue weighted by atomic mass is 28.3. The van der Waals surface area contributed by atoms with Crippen LogP contribution in [0.5, 0.6) is 0 Å². The molecule has 0 unspecified atom stereocenters. The third kappa shape index (κ3) is 7.93. The van der Waals surface area contributed by atoms with Crippen molar-refractivity contribution in [2.24, 2.45) is 5.73 Å². The first-order valence-electron chi connectivity index (χ1n) is 4.16. The molecule has 0 saturated heterocycles. The number of rotatable bonds is 7. The van der Waals surface area contributed by atoms with Crippen molar-refractivity contribution in [1.82, 2.24) is 0 Å². The summed E-state index contributed by atoms with van der Waals surface area (Å²) in [4.78, 5) is 10.9. The number of nitrogens with two attached hydrogens (primary N) is 1. The Bertz CT molecular complexity index is 123. The quantitative estimate of drug-likeness (QED) is 0.300. The first kappa shape index (κ1) is 11.8. The molecule has 0 aromatic heterocycles. The smallest absolute Gasteiger partial charge is 0.305 e. The van der Waals surface area contributed by atoms with E-state index in [-0.39, 0.29) is 15.7 Å². The number of carbonyl (C=O) groups excluding carboxylic acids is 1. The molecule has 0 radical (unpaired) electrons. The number of ether oxygens (including phenoxy) is 1.